The number of carbonyl (C=O) groups excluding carboxylic acids is 3. The van der Waals surface area contributed by atoms with Gasteiger partial charge in [-0.1, -0.05) is 62.9 Å². The Labute approximate surface area is 183 Å². The Hall–Kier alpha value is -1.86. The van der Waals surface area contributed by atoms with Gasteiger partial charge < -0.3 is 14.8 Å². The second kappa shape index (κ2) is 13.4. The van der Waals surface area contributed by atoms with Gasteiger partial charge in [-0.3, -0.25) is 9.59 Å². The van der Waals surface area contributed by atoms with Crippen LogP contribution in [0.1, 0.15) is 57.9 Å². The van der Waals surface area contributed by atoms with E-state index >= 15 is 0 Å². The van der Waals surface area contributed by atoms with Gasteiger partial charge in [0.15, 0.2) is 18.0 Å². The van der Waals surface area contributed by atoms with E-state index in [0.717, 1.165) is 31.4 Å². The molecule has 30 heavy (non-hydrogen) atoms. The van der Waals surface area contributed by atoms with E-state index in [9.17, 15) is 14.4 Å². The number of thioether (sulfide) groups is 1. The molecule has 1 fully saturated rings. The molecular weight excluding hydrogens is 402 g/mol. The lowest BCUT2D eigenvalue weighted by Crippen LogP contribution is -2.45. The Morgan fingerprint density at radius 3 is 2.50 bits per heavy atom. The van der Waals surface area contributed by atoms with Crippen molar-refractivity contribution in [2.75, 3.05) is 12.4 Å². The van der Waals surface area contributed by atoms with Gasteiger partial charge in [0.25, 0.3) is 5.91 Å². The first kappa shape index (κ1) is 24.4. The van der Waals surface area contributed by atoms with Gasteiger partial charge in [0.05, 0.1) is 12.6 Å². The van der Waals surface area contributed by atoms with Crippen molar-refractivity contribution in [2.45, 2.75) is 76.4 Å². The summed E-state index contributed by atoms with van der Waals surface area (Å²) >= 11 is 1.61. The second-order valence-corrected chi connectivity index (χ2v) is 8.45. The third-order valence-electron chi connectivity index (χ3n) is 4.90. The van der Waals surface area contributed by atoms with E-state index in [4.69, 9.17) is 9.47 Å². The fourth-order valence-electron chi connectivity index (χ4n) is 3.13. The van der Waals surface area contributed by atoms with Gasteiger partial charge in [0.2, 0.25) is 0 Å². The Bertz CT molecular complexity index is 681. The van der Waals surface area contributed by atoms with Gasteiger partial charge in [-0.2, -0.15) is 11.8 Å². The van der Waals surface area contributed by atoms with Crippen molar-refractivity contribution in [2.24, 2.45) is 0 Å². The average Bonchev–Trinajstić information content (AvgIpc) is 3.55. The number of hydrogen-bond donors (Lipinski definition) is 1. The van der Waals surface area contributed by atoms with Gasteiger partial charge in [0, 0.05) is 17.9 Å². The summed E-state index contributed by atoms with van der Waals surface area (Å²) < 4.78 is 10.1. The van der Waals surface area contributed by atoms with Crippen molar-refractivity contribution in [3.05, 3.63) is 35.9 Å². The predicted octanol–water partition coefficient (Wildman–Crippen LogP) is 3.66. The fourth-order valence-corrected chi connectivity index (χ4v) is 4.18. The molecule has 3 atom stereocenters. The minimum absolute atomic E-state index is 0.0359. The van der Waals surface area contributed by atoms with Crippen LogP contribution in [0, 0.1) is 0 Å². The number of amides is 1. The molecule has 1 aromatic rings. The van der Waals surface area contributed by atoms with E-state index in [1.165, 1.54) is 12.0 Å². The van der Waals surface area contributed by atoms with Crippen LogP contribution in [-0.2, 0) is 29.6 Å². The van der Waals surface area contributed by atoms with Crippen LogP contribution in [0.15, 0.2) is 30.3 Å². The maximum Gasteiger partial charge on any atom is 0.338 e. The lowest BCUT2D eigenvalue weighted by molar-refractivity contribution is -0.144. The molecule has 0 saturated carbocycles. The number of ether oxygens (including phenoxy) is 2. The summed E-state index contributed by atoms with van der Waals surface area (Å²) in [5.74, 6) is 0.342. The maximum atomic E-state index is 12.8. The molecule has 1 saturated heterocycles. The lowest BCUT2D eigenvalue weighted by atomic mass is 10.0. The summed E-state index contributed by atoms with van der Waals surface area (Å²) in [7, 11) is 0. The highest BCUT2D eigenvalue weighted by Crippen LogP contribution is 2.24. The molecule has 0 aliphatic carbocycles. The topological polar surface area (TPSA) is 85.0 Å². The SMILES string of the molecule is CCCCCCCC(=O)[C@H](CSCc1ccccc1)NC(=O)[C@H]1O[C@@H]1C(=O)OCC. The van der Waals surface area contributed by atoms with Crippen molar-refractivity contribution >= 4 is 29.4 Å². The zero-order chi connectivity index (χ0) is 21.8. The molecule has 7 heteroatoms. The number of unbranched alkanes of at least 4 members (excludes halogenated alkanes) is 4. The number of benzene rings is 1. The van der Waals surface area contributed by atoms with Crippen LogP contribution in [0.5, 0.6) is 0 Å². The Balaban J connectivity index is 1.85. The molecule has 1 heterocycles. The monoisotopic (exact) mass is 435 g/mol. The predicted molar refractivity (Wildman–Crippen MR) is 118 cm³/mol. The minimum atomic E-state index is -0.858. The zero-order valence-electron chi connectivity index (χ0n) is 17.9. The number of hydrogen-bond acceptors (Lipinski definition) is 6. The highest BCUT2D eigenvalue weighted by Gasteiger charge is 2.52. The van der Waals surface area contributed by atoms with Crippen molar-refractivity contribution in [3.63, 3.8) is 0 Å². The summed E-state index contributed by atoms with van der Waals surface area (Å²) in [6, 6.07) is 9.43. The average molecular weight is 436 g/mol. The third-order valence-corrected chi connectivity index (χ3v) is 6.00. The van der Waals surface area contributed by atoms with Crippen LogP contribution >= 0.6 is 11.8 Å². The molecule has 1 amide bonds. The Kier molecular flexibility index (Phi) is 10.9. The van der Waals surface area contributed by atoms with E-state index in [0.29, 0.717) is 12.2 Å². The molecule has 0 radical (unpaired) electrons. The molecule has 0 spiro atoms. The molecule has 0 aromatic heterocycles. The smallest absolute Gasteiger partial charge is 0.338 e. The number of esters is 1. The number of Topliss-reactive ketones (excluding diaryl/α,β-unsaturated/α-hetero) is 1. The van der Waals surface area contributed by atoms with Crippen molar-refractivity contribution in [1.82, 2.24) is 5.32 Å². The van der Waals surface area contributed by atoms with Crippen LogP contribution in [0.2, 0.25) is 0 Å². The first-order valence-electron chi connectivity index (χ1n) is 10.8. The van der Waals surface area contributed by atoms with Crippen LogP contribution in [-0.4, -0.2) is 48.3 Å². The largest absolute Gasteiger partial charge is 0.464 e. The summed E-state index contributed by atoms with van der Waals surface area (Å²) in [4.78, 5) is 36.9. The molecular formula is C23H33NO5S. The normalized spacial score (nSPS) is 18.5. The molecule has 1 N–H and O–H groups in total. The maximum absolute atomic E-state index is 12.8. The van der Waals surface area contributed by atoms with Crippen LogP contribution in [0.3, 0.4) is 0 Å². The summed E-state index contributed by atoms with van der Waals surface area (Å²) in [6.07, 6.45) is 4.05. The summed E-state index contributed by atoms with van der Waals surface area (Å²) in [6.45, 7) is 4.10. The van der Waals surface area contributed by atoms with Crippen molar-refractivity contribution in [1.29, 1.82) is 0 Å². The van der Waals surface area contributed by atoms with Crippen LogP contribution in [0.4, 0.5) is 0 Å². The quantitative estimate of drug-likeness (QED) is 0.257. The van der Waals surface area contributed by atoms with E-state index in [-0.39, 0.29) is 12.4 Å². The highest BCUT2D eigenvalue weighted by atomic mass is 32.2. The second-order valence-electron chi connectivity index (χ2n) is 7.42. The van der Waals surface area contributed by atoms with Gasteiger partial charge in [-0.05, 0) is 18.9 Å². The number of nitrogens with one attached hydrogen (secondary N) is 1. The molecule has 6 nitrogen and oxygen atoms in total. The molecule has 1 aliphatic heterocycles. The van der Waals surface area contributed by atoms with E-state index < -0.39 is 30.1 Å². The minimum Gasteiger partial charge on any atom is -0.464 e. The molecule has 166 valence electrons. The number of carbonyl (C=O) groups is 3. The number of epoxide rings is 1. The zero-order valence-corrected chi connectivity index (χ0v) is 18.7. The Morgan fingerprint density at radius 2 is 1.80 bits per heavy atom. The Morgan fingerprint density at radius 1 is 1.07 bits per heavy atom. The number of rotatable bonds is 15. The lowest BCUT2D eigenvalue weighted by Gasteiger charge is -2.17. The van der Waals surface area contributed by atoms with E-state index in [2.05, 4.69) is 12.2 Å². The molecule has 2 rings (SSSR count). The fraction of sp³-hybridized carbons (Fsp3) is 0.609. The molecule has 0 unspecified atom stereocenters. The van der Waals surface area contributed by atoms with Crippen LogP contribution in [0.25, 0.3) is 0 Å². The van der Waals surface area contributed by atoms with Gasteiger partial charge >= 0.3 is 5.97 Å². The molecule has 0 bridgehead atoms. The number of ketones is 1. The summed E-state index contributed by atoms with van der Waals surface area (Å²) in [5.41, 5.74) is 1.17. The summed E-state index contributed by atoms with van der Waals surface area (Å²) in [5, 5.41) is 2.80. The highest BCUT2D eigenvalue weighted by molar-refractivity contribution is 7.98. The van der Waals surface area contributed by atoms with Crippen molar-refractivity contribution < 1.29 is 23.9 Å². The van der Waals surface area contributed by atoms with E-state index in [1.54, 1.807) is 18.7 Å². The van der Waals surface area contributed by atoms with E-state index in [1.807, 2.05) is 30.3 Å². The first-order chi connectivity index (χ1) is 14.6. The first-order valence-corrected chi connectivity index (χ1v) is 12.0. The third kappa shape index (κ3) is 8.48. The van der Waals surface area contributed by atoms with Crippen molar-refractivity contribution in [3.8, 4) is 0 Å². The van der Waals surface area contributed by atoms with Gasteiger partial charge in [0.1, 0.15) is 0 Å². The van der Waals surface area contributed by atoms with Gasteiger partial charge in [-0.25, -0.2) is 4.79 Å². The van der Waals surface area contributed by atoms with Crippen LogP contribution < -0.4 is 5.32 Å². The molecule has 1 aliphatic rings. The standard InChI is InChI=1S/C23H33NO5S/c1-3-5-6-7-11-14-19(25)18(16-30-15-17-12-9-8-10-13-17)24-22(26)20-21(29-20)23(27)28-4-2/h8-10,12-13,18,20-21H,3-7,11,14-16H2,1-2H3,(H,24,26)/t18-,20-,21-/m0/s1. The molecule has 1 aromatic carbocycles. The van der Waals surface area contributed by atoms with Gasteiger partial charge in [-0.15, -0.1) is 0 Å².